The number of benzene rings is 2. The van der Waals surface area contributed by atoms with Gasteiger partial charge in [0.05, 0.1) is 41.5 Å². The van der Waals surface area contributed by atoms with Gasteiger partial charge < -0.3 is 14.2 Å². The fourth-order valence-electron chi connectivity index (χ4n) is 3.41. The maximum atomic E-state index is 9.48. The van der Waals surface area contributed by atoms with Crippen molar-refractivity contribution in [3.05, 3.63) is 35.5 Å². The smallest absolute Gasteiger partial charge is 0.232 e. The summed E-state index contributed by atoms with van der Waals surface area (Å²) in [5.41, 5.74) is 4.37. The fourth-order valence-corrected chi connectivity index (χ4v) is 4.56. The van der Waals surface area contributed by atoms with Gasteiger partial charge in [0.1, 0.15) is 22.4 Å². The SMILES string of the molecule is COc1cnc2c(-c3nc4c(C)cc5c(c4s3)OC[C@@H](C)O5)cc(C#N)cc2n1. The molecule has 0 spiro atoms. The third-order valence-corrected chi connectivity index (χ3v) is 5.85. The van der Waals surface area contributed by atoms with Crippen molar-refractivity contribution in [3.8, 4) is 34.0 Å². The molecule has 0 radical (unpaired) electrons. The molecular weight excluding hydrogens is 388 g/mol. The monoisotopic (exact) mass is 404 g/mol. The van der Waals surface area contributed by atoms with Crippen LogP contribution in [0.4, 0.5) is 0 Å². The molecule has 0 unspecified atom stereocenters. The Labute approximate surface area is 170 Å². The Morgan fingerprint density at radius 3 is 2.90 bits per heavy atom. The third-order valence-electron chi connectivity index (χ3n) is 4.76. The first-order valence-electron chi connectivity index (χ1n) is 9.06. The quantitative estimate of drug-likeness (QED) is 0.493. The van der Waals surface area contributed by atoms with Crippen LogP contribution in [-0.4, -0.2) is 34.8 Å². The molecule has 144 valence electrons. The molecule has 5 rings (SSSR count). The van der Waals surface area contributed by atoms with E-state index in [1.807, 2.05) is 19.9 Å². The minimum Gasteiger partial charge on any atom is -0.484 e. The van der Waals surface area contributed by atoms with Crippen molar-refractivity contribution in [1.82, 2.24) is 15.0 Å². The van der Waals surface area contributed by atoms with E-state index in [4.69, 9.17) is 19.2 Å². The van der Waals surface area contributed by atoms with Gasteiger partial charge in [-0.1, -0.05) is 0 Å². The van der Waals surface area contributed by atoms with Crippen molar-refractivity contribution in [1.29, 1.82) is 5.26 Å². The van der Waals surface area contributed by atoms with E-state index in [-0.39, 0.29) is 6.10 Å². The molecule has 0 bridgehead atoms. The summed E-state index contributed by atoms with van der Waals surface area (Å²) in [6, 6.07) is 7.65. The lowest BCUT2D eigenvalue weighted by molar-refractivity contribution is 0.106. The summed E-state index contributed by atoms with van der Waals surface area (Å²) in [7, 11) is 1.54. The summed E-state index contributed by atoms with van der Waals surface area (Å²) in [6.45, 7) is 4.48. The highest BCUT2D eigenvalue weighted by Gasteiger charge is 2.24. The van der Waals surface area contributed by atoms with Crippen molar-refractivity contribution >= 4 is 32.6 Å². The molecule has 0 amide bonds. The fraction of sp³-hybridized carbons (Fsp3) is 0.238. The second-order valence-corrected chi connectivity index (χ2v) is 7.87. The molecule has 1 aliphatic heterocycles. The van der Waals surface area contributed by atoms with Gasteiger partial charge in [0.25, 0.3) is 0 Å². The standard InChI is InChI=1S/C21H16N4O3S/c1-10-4-15-19(27-9-11(2)28-15)20-17(10)25-21(29-20)13-5-12(7-22)6-14-18(13)23-8-16(24-14)26-3/h4-6,8,11H,9H2,1-3H3/t11-/m1/s1. The van der Waals surface area contributed by atoms with Crippen LogP contribution in [0.3, 0.4) is 0 Å². The van der Waals surface area contributed by atoms with Crippen LogP contribution in [0.5, 0.6) is 17.4 Å². The van der Waals surface area contributed by atoms with E-state index >= 15 is 0 Å². The average Bonchev–Trinajstić information content (AvgIpc) is 3.18. The molecule has 3 heterocycles. The van der Waals surface area contributed by atoms with Gasteiger partial charge >= 0.3 is 0 Å². The molecule has 7 nitrogen and oxygen atoms in total. The van der Waals surface area contributed by atoms with Gasteiger partial charge in [-0.15, -0.1) is 11.3 Å². The van der Waals surface area contributed by atoms with Crippen molar-refractivity contribution in [3.63, 3.8) is 0 Å². The van der Waals surface area contributed by atoms with Crippen molar-refractivity contribution in [2.45, 2.75) is 20.0 Å². The van der Waals surface area contributed by atoms with Crippen molar-refractivity contribution < 1.29 is 14.2 Å². The average molecular weight is 404 g/mol. The van der Waals surface area contributed by atoms with E-state index in [0.717, 1.165) is 37.9 Å². The lowest BCUT2D eigenvalue weighted by Gasteiger charge is -2.24. The Morgan fingerprint density at radius 2 is 2.10 bits per heavy atom. The summed E-state index contributed by atoms with van der Waals surface area (Å²) in [4.78, 5) is 13.8. The van der Waals surface area contributed by atoms with Gasteiger partial charge in [-0.3, -0.25) is 0 Å². The Bertz CT molecular complexity index is 1330. The maximum Gasteiger partial charge on any atom is 0.232 e. The van der Waals surface area contributed by atoms with Crippen LogP contribution in [0.1, 0.15) is 18.1 Å². The second kappa shape index (κ2) is 6.57. The zero-order valence-corrected chi connectivity index (χ0v) is 16.8. The number of methoxy groups -OCH3 is 1. The number of hydrogen-bond acceptors (Lipinski definition) is 8. The molecule has 1 aliphatic rings. The Hall–Kier alpha value is -3.44. The summed E-state index contributed by atoms with van der Waals surface area (Å²) < 4.78 is 18.0. The molecular formula is C21H16N4O3S. The van der Waals surface area contributed by atoms with Crippen LogP contribution in [0.25, 0.3) is 31.8 Å². The predicted octanol–water partition coefficient (Wildman–Crippen LogP) is 4.25. The predicted molar refractivity (Wildman–Crippen MR) is 110 cm³/mol. The van der Waals surface area contributed by atoms with Crippen molar-refractivity contribution in [2.24, 2.45) is 0 Å². The number of aryl methyl sites for hydroxylation is 1. The molecule has 2 aromatic heterocycles. The molecule has 0 fully saturated rings. The van der Waals surface area contributed by atoms with Crippen LogP contribution in [0, 0.1) is 18.3 Å². The molecule has 2 aromatic carbocycles. The number of fused-ring (bicyclic) bond motifs is 4. The Balaban J connectivity index is 1.77. The van der Waals surface area contributed by atoms with Crippen LogP contribution < -0.4 is 14.2 Å². The number of aromatic nitrogens is 3. The van der Waals surface area contributed by atoms with Gasteiger partial charge in [-0.25, -0.2) is 15.0 Å². The van der Waals surface area contributed by atoms with Crippen LogP contribution >= 0.6 is 11.3 Å². The van der Waals surface area contributed by atoms with Gasteiger partial charge in [0, 0.05) is 5.56 Å². The van der Waals surface area contributed by atoms with E-state index in [1.165, 1.54) is 18.4 Å². The normalized spacial score (nSPS) is 15.4. The number of nitrogens with zero attached hydrogens (tertiary/aromatic N) is 4. The van der Waals surface area contributed by atoms with Crippen LogP contribution in [-0.2, 0) is 0 Å². The third kappa shape index (κ3) is 2.82. The van der Waals surface area contributed by atoms with E-state index in [9.17, 15) is 5.26 Å². The molecule has 4 aromatic rings. The molecule has 0 N–H and O–H groups in total. The Morgan fingerprint density at radius 1 is 1.24 bits per heavy atom. The highest BCUT2D eigenvalue weighted by molar-refractivity contribution is 7.22. The Kier molecular flexibility index (Phi) is 4.00. The minimum atomic E-state index is 0.00764. The molecule has 1 atom stereocenters. The number of nitriles is 1. The van der Waals surface area contributed by atoms with Crippen LogP contribution in [0.2, 0.25) is 0 Å². The number of hydrogen-bond donors (Lipinski definition) is 0. The minimum absolute atomic E-state index is 0.00764. The largest absolute Gasteiger partial charge is 0.484 e. The van der Waals surface area contributed by atoms with Gasteiger partial charge in [-0.2, -0.15) is 5.26 Å². The first kappa shape index (κ1) is 17.6. The maximum absolute atomic E-state index is 9.48. The first-order valence-corrected chi connectivity index (χ1v) is 9.88. The second-order valence-electron chi connectivity index (χ2n) is 6.87. The topological polar surface area (TPSA) is 90.2 Å². The zero-order chi connectivity index (χ0) is 20.1. The van der Waals surface area contributed by atoms with Crippen LogP contribution in [0.15, 0.2) is 24.4 Å². The molecule has 0 saturated carbocycles. The highest BCUT2D eigenvalue weighted by Crippen LogP contribution is 2.45. The van der Waals surface area contributed by atoms with E-state index in [1.54, 1.807) is 18.3 Å². The molecule has 8 heteroatoms. The molecule has 0 aliphatic carbocycles. The number of thiazole rings is 1. The first-order chi connectivity index (χ1) is 14.1. The van der Waals surface area contributed by atoms with E-state index in [0.29, 0.717) is 29.1 Å². The highest BCUT2D eigenvalue weighted by atomic mass is 32.1. The zero-order valence-electron chi connectivity index (χ0n) is 16.0. The lowest BCUT2D eigenvalue weighted by atomic mass is 10.1. The summed E-state index contributed by atoms with van der Waals surface area (Å²) in [5.74, 6) is 1.86. The number of ether oxygens (including phenoxy) is 3. The van der Waals surface area contributed by atoms with E-state index < -0.39 is 0 Å². The van der Waals surface area contributed by atoms with Gasteiger partial charge in [0.2, 0.25) is 5.88 Å². The number of rotatable bonds is 2. The summed E-state index contributed by atoms with van der Waals surface area (Å²) >= 11 is 1.50. The lowest BCUT2D eigenvalue weighted by Crippen LogP contribution is -2.25. The van der Waals surface area contributed by atoms with E-state index in [2.05, 4.69) is 16.0 Å². The van der Waals surface area contributed by atoms with Gasteiger partial charge in [-0.05, 0) is 37.6 Å². The summed E-state index contributed by atoms with van der Waals surface area (Å²) in [5, 5.41) is 10.2. The molecule has 0 saturated heterocycles. The van der Waals surface area contributed by atoms with Gasteiger partial charge in [0.15, 0.2) is 11.5 Å². The molecule has 29 heavy (non-hydrogen) atoms. The van der Waals surface area contributed by atoms with Crippen molar-refractivity contribution in [2.75, 3.05) is 13.7 Å². The summed E-state index contributed by atoms with van der Waals surface area (Å²) in [6.07, 6.45) is 1.57.